The largest absolute Gasteiger partial charge is 0.496 e. The van der Waals surface area contributed by atoms with Crippen LogP contribution in [-0.4, -0.2) is 23.0 Å². The normalized spacial score (nSPS) is 10.9. The number of carbonyl (C=O) groups is 1. The van der Waals surface area contributed by atoms with E-state index in [2.05, 4.69) is 15.3 Å². The smallest absolute Gasteiger partial charge is 0.267 e. The fraction of sp³-hybridized carbons (Fsp3) is 0.0417. The Kier molecular flexibility index (Phi) is 4.68. The molecule has 0 saturated heterocycles. The van der Waals surface area contributed by atoms with Crippen LogP contribution in [-0.2, 0) is 0 Å². The Morgan fingerprint density at radius 2 is 1.71 bits per heavy atom. The lowest BCUT2D eigenvalue weighted by Crippen LogP contribution is -2.12. The summed E-state index contributed by atoms with van der Waals surface area (Å²) in [6.07, 6.45) is 1.45. The maximum absolute atomic E-state index is 12.5. The van der Waals surface area contributed by atoms with E-state index in [1.807, 2.05) is 30.3 Å². The first kappa shape index (κ1) is 18.6. The third-order valence-electron chi connectivity index (χ3n) is 4.80. The van der Waals surface area contributed by atoms with Gasteiger partial charge in [-0.15, -0.1) is 0 Å². The van der Waals surface area contributed by atoms with E-state index in [9.17, 15) is 4.79 Å². The number of aromatic nitrogens is 2. The molecule has 5 rings (SSSR count). The number of hydrogen-bond donors (Lipinski definition) is 1. The van der Waals surface area contributed by atoms with Crippen LogP contribution in [0.5, 0.6) is 17.4 Å². The number of para-hydroxylation sites is 2. The van der Waals surface area contributed by atoms with Crippen LogP contribution in [0, 0.1) is 0 Å². The van der Waals surface area contributed by atoms with Crippen molar-refractivity contribution in [1.29, 1.82) is 0 Å². The van der Waals surface area contributed by atoms with Crippen molar-refractivity contribution >= 4 is 33.7 Å². The van der Waals surface area contributed by atoms with Gasteiger partial charge in [0.25, 0.3) is 11.8 Å². The molecule has 0 fully saturated rings. The quantitative estimate of drug-likeness (QED) is 0.415. The Morgan fingerprint density at radius 1 is 0.935 bits per heavy atom. The number of benzene rings is 3. The molecule has 0 radical (unpaired) electrons. The molecule has 1 amide bonds. The first-order valence-corrected chi connectivity index (χ1v) is 9.57. The lowest BCUT2D eigenvalue weighted by molar-refractivity contribution is 0.102. The number of nitrogens with zero attached hydrogens (tertiary/aromatic N) is 2. The van der Waals surface area contributed by atoms with Crippen LogP contribution in [0.3, 0.4) is 0 Å². The lowest BCUT2D eigenvalue weighted by atomic mass is 10.2. The first-order chi connectivity index (χ1) is 15.2. The van der Waals surface area contributed by atoms with Gasteiger partial charge in [-0.3, -0.25) is 4.79 Å². The van der Waals surface area contributed by atoms with Crippen LogP contribution in [0.4, 0.5) is 5.69 Å². The molecule has 0 unspecified atom stereocenters. The van der Waals surface area contributed by atoms with Crippen molar-refractivity contribution in [3.63, 3.8) is 0 Å². The van der Waals surface area contributed by atoms with Crippen molar-refractivity contribution in [2.24, 2.45) is 0 Å². The molecule has 0 saturated carbocycles. The molecule has 0 spiro atoms. The molecule has 5 aromatic rings. The number of methoxy groups -OCH3 is 1. The topological polar surface area (TPSA) is 86.5 Å². The lowest BCUT2D eigenvalue weighted by Gasteiger charge is -2.10. The zero-order valence-electron chi connectivity index (χ0n) is 16.5. The highest BCUT2D eigenvalue weighted by molar-refractivity contribution is 6.06. The Bertz CT molecular complexity index is 1390. The minimum atomic E-state index is -0.258. The molecule has 0 aliphatic rings. The minimum absolute atomic E-state index is 0.258. The Labute approximate surface area is 177 Å². The predicted octanol–water partition coefficient (Wildman–Crippen LogP) is 5.43. The average Bonchev–Trinajstić information content (AvgIpc) is 3.20. The van der Waals surface area contributed by atoms with E-state index in [0.717, 1.165) is 11.0 Å². The van der Waals surface area contributed by atoms with E-state index >= 15 is 0 Å². The molecular formula is C24H17N3O4. The molecule has 7 nitrogen and oxygen atoms in total. The number of furan rings is 1. The fourth-order valence-corrected chi connectivity index (χ4v) is 3.32. The van der Waals surface area contributed by atoms with E-state index in [1.54, 1.807) is 42.5 Å². The highest BCUT2D eigenvalue weighted by Crippen LogP contribution is 2.33. The summed E-state index contributed by atoms with van der Waals surface area (Å²) in [6, 6.07) is 21.7. The molecule has 7 heteroatoms. The van der Waals surface area contributed by atoms with E-state index < -0.39 is 0 Å². The summed E-state index contributed by atoms with van der Waals surface area (Å²) in [5.74, 6) is 1.13. The number of ether oxygens (including phenoxy) is 2. The summed E-state index contributed by atoms with van der Waals surface area (Å²) >= 11 is 0. The van der Waals surface area contributed by atoms with Crippen LogP contribution in [0.2, 0.25) is 0 Å². The molecule has 0 bridgehead atoms. The molecule has 1 N–H and O–H groups in total. The van der Waals surface area contributed by atoms with Crippen molar-refractivity contribution in [3.05, 3.63) is 84.7 Å². The zero-order valence-corrected chi connectivity index (χ0v) is 16.5. The number of anilines is 1. The van der Waals surface area contributed by atoms with Crippen LogP contribution >= 0.6 is 0 Å². The van der Waals surface area contributed by atoms with Gasteiger partial charge in [0.15, 0.2) is 0 Å². The Hall–Kier alpha value is -4.39. The van der Waals surface area contributed by atoms with E-state index in [4.69, 9.17) is 13.9 Å². The van der Waals surface area contributed by atoms with Gasteiger partial charge in [0.1, 0.15) is 28.9 Å². The molecule has 0 atom stereocenters. The predicted molar refractivity (Wildman–Crippen MR) is 117 cm³/mol. The average molecular weight is 411 g/mol. The van der Waals surface area contributed by atoms with E-state index in [1.165, 1.54) is 13.4 Å². The summed E-state index contributed by atoms with van der Waals surface area (Å²) in [7, 11) is 1.53. The van der Waals surface area contributed by atoms with Gasteiger partial charge in [-0.25, -0.2) is 4.98 Å². The van der Waals surface area contributed by atoms with Crippen molar-refractivity contribution in [2.45, 2.75) is 0 Å². The Morgan fingerprint density at radius 3 is 2.55 bits per heavy atom. The number of nitrogens with one attached hydrogen (secondary N) is 1. The van der Waals surface area contributed by atoms with Crippen molar-refractivity contribution < 1.29 is 18.7 Å². The standard InChI is InChI=1S/C24H17N3O4/c1-29-19-8-4-3-7-18(19)23(28)27-15-10-12-16(13-11-15)30-24-22-21(25-14-26-24)17-6-2-5-9-20(17)31-22/h2-14H,1H3,(H,27,28). The monoisotopic (exact) mass is 411 g/mol. The molecule has 2 heterocycles. The fourth-order valence-electron chi connectivity index (χ4n) is 3.32. The number of amides is 1. The van der Waals surface area contributed by atoms with E-state index in [-0.39, 0.29) is 5.91 Å². The highest BCUT2D eigenvalue weighted by atomic mass is 16.5. The van der Waals surface area contributed by atoms with E-state index in [0.29, 0.717) is 39.7 Å². The first-order valence-electron chi connectivity index (χ1n) is 9.57. The van der Waals surface area contributed by atoms with Gasteiger partial charge in [0, 0.05) is 11.1 Å². The number of rotatable bonds is 5. The van der Waals surface area contributed by atoms with Crippen molar-refractivity contribution in [1.82, 2.24) is 9.97 Å². The van der Waals surface area contributed by atoms with Gasteiger partial charge in [-0.2, -0.15) is 4.98 Å². The number of hydrogen-bond acceptors (Lipinski definition) is 6. The minimum Gasteiger partial charge on any atom is -0.496 e. The molecule has 2 aromatic heterocycles. The van der Waals surface area contributed by atoms with Crippen LogP contribution in [0.1, 0.15) is 10.4 Å². The third-order valence-corrected chi connectivity index (χ3v) is 4.80. The highest BCUT2D eigenvalue weighted by Gasteiger charge is 2.15. The summed E-state index contributed by atoms with van der Waals surface area (Å²) in [4.78, 5) is 21.1. The SMILES string of the molecule is COc1ccccc1C(=O)Nc1ccc(Oc2ncnc3c2oc2ccccc23)cc1. The maximum atomic E-state index is 12.5. The third kappa shape index (κ3) is 3.53. The van der Waals surface area contributed by atoms with Gasteiger partial charge in [-0.1, -0.05) is 24.3 Å². The Balaban J connectivity index is 1.37. The van der Waals surface area contributed by atoms with Crippen molar-refractivity contribution in [3.8, 4) is 17.4 Å². The van der Waals surface area contributed by atoms with Crippen LogP contribution in [0.25, 0.3) is 22.1 Å². The number of fused-ring (bicyclic) bond motifs is 3. The molecule has 152 valence electrons. The van der Waals surface area contributed by atoms with Gasteiger partial charge >= 0.3 is 0 Å². The van der Waals surface area contributed by atoms with Crippen LogP contribution < -0.4 is 14.8 Å². The van der Waals surface area contributed by atoms with Gasteiger partial charge in [0.05, 0.1) is 12.7 Å². The number of carbonyl (C=O) groups excluding carboxylic acids is 1. The second-order valence-corrected chi connectivity index (χ2v) is 6.74. The second-order valence-electron chi connectivity index (χ2n) is 6.74. The summed E-state index contributed by atoms with van der Waals surface area (Å²) < 4.78 is 17.1. The molecule has 0 aliphatic heterocycles. The summed E-state index contributed by atoms with van der Waals surface area (Å²) in [5, 5.41) is 3.75. The molecule has 31 heavy (non-hydrogen) atoms. The van der Waals surface area contributed by atoms with Crippen molar-refractivity contribution in [2.75, 3.05) is 12.4 Å². The van der Waals surface area contributed by atoms with Gasteiger partial charge < -0.3 is 19.2 Å². The molecule has 3 aromatic carbocycles. The second kappa shape index (κ2) is 7.79. The van der Waals surface area contributed by atoms with Gasteiger partial charge in [0.2, 0.25) is 5.58 Å². The summed E-state index contributed by atoms with van der Waals surface area (Å²) in [6.45, 7) is 0. The molecular weight excluding hydrogens is 394 g/mol. The van der Waals surface area contributed by atoms with Crippen LogP contribution in [0.15, 0.2) is 83.5 Å². The van der Waals surface area contributed by atoms with Gasteiger partial charge in [-0.05, 0) is 48.5 Å². The zero-order chi connectivity index (χ0) is 21.2. The molecule has 0 aliphatic carbocycles. The summed E-state index contributed by atoms with van der Waals surface area (Å²) in [5.41, 5.74) is 2.98. The maximum Gasteiger partial charge on any atom is 0.267 e.